The fourth-order valence-corrected chi connectivity index (χ4v) is 6.13. The number of Topliss-reactive ketones (excluding diaryl/α,β-unsaturated/α-hetero) is 1. The van der Waals surface area contributed by atoms with Gasteiger partial charge in [-0.2, -0.15) is 4.90 Å². The van der Waals surface area contributed by atoms with Crippen LogP contribution in [0.1, 0.15) is 68.9 Å². The molecule has 1 aliphatic carbocycles. The van der Waals surface area contributed by atoms with E-state index in [9.17, 15) is 28.0 Å². The molecule has 0 heterocycles. The maximum absolute atomic E-state index is 15.2. The number of imide groups is 1. The molecule has 3 aromatic rings. The standard InChI is InChI=1S/C34H30Cl4F4N2O6/c1-32(2,3)49-30(47)44(31(48)50-33(4,5)6)24-10-16(21(40)14-22(24)41)11-25(45)18-12-17(13-23(42)28(18)36)43-29(46)27-26(34(27,37)38)15-7-8-20(39)19(35)9-15/h7-10,12-14,26-27H,11H2,1-6H3,(H,43,46)/t26-,27+/m0/s1. The summed E-state index contributed by atoms with van der Waals surface area (Å²) in [4.78, 5) is 52.9. The second-order valence-corrected chi connectivity index (χ2v) is 15.6. The van der Waals surface area contributed by atoms with Crippen molar-refractivity contribution in [3.05, 3.63) is 92.5 Å². The van der Waals surface area contributed by atoms with Crippen molar-refractivity contribution in [3.8, 4) is 0 Å². The molecule has 16 heteroatoms. The van der Waals surface area contributed by atoms with E-state index in [0.717, 1.165) is 24.3 Å². The number of nitrogens with zero attached hydrogens (tertiary/aromatic N) is 1. The van der Waals surface area contributed by atoms with Crippen molar-refractivity contribution in [1.82, 2.24) is 0 Å². The summed E-state index contributed by atoms with van der Waals surface area (Å²) in [5.41, 5.74) is -3.95. The third kappa shape index (κ3) is 8.82. The molecule has 2 atom stereocenters. The van der Waals surface area contributed by atoms with Gasteiger partial charge in [0.2, 0.25) is 5.91 Å². The Bertz CT molecular complexity index is 1870. The average Bonchev–Trinajstić information content (AvgIpc) is 3.54. The lowest BCUT2D eigenvalue weighted by Crippen LogP contribution is -2.44. The number of carbonyl (C=O) groups is 4. The Labute approximate surface area is 304 Å². The molecule has 50 heavy (non-hydrogen) atoms. The molecular formula is C34H30Cl4F4N2O6. The van der Waals surface area contributed by atoms with Crippen LogP contribution in [0.25, 0.3) is 0 Å². The summed E-state index contributed by atoms with van der Waals surface area (Å²) in [7, 11) is 0. The van der Waals surface area contributed by atoms with Crippen LogP contribution in [0.5, 0.6) is 0 Å². The minimum absolute atomic E-state index is 0.215. The van der Waals surface area contributed by atoms with E-state index in [1.165, 1.54) is 53.7 Å². The number of carbonyl (C=O) groups excluding carboxylic acids is 4. The number of halogens is 8. The molecule has 1 fully saturated rings. The molecule has 0 aliphatic heterocycles. The molecule has 3 amide bonds. The van der Waals surface area contributed by atoms with Gasteiger partial charge >= 0.3 is 12.2 Å². The highest BCUT2D eigenvalue weighted by Crippen LogP contribution is 2.65. The van der Waals surface area contributed by atoms with Gasteiger partial charge < -0.3 is 14.8 Å². The monoisotopic (exact) mass is 778 g/mol. The van der Waals surface area contributed by atoms with E-state index in [-0.39, 0.29) is 15.6 Å². The highest BCUT2D eigenvalue weighted by molar-refractivity contribution is 6.53. The van der Waals surface area contributed by atoms with Crippen LogP contribution in [0.2, 0.25) is 10.0 Å². The summed E-state index contributed by atoms with van der Waals surface area (Å²) < 4.78 is 67.7. The molecule has 3 aromatic carbocycles. The molecule has 0 aromatic heterocycles. The molecule has 0 unspecified atom stereocenters. The van der Waals surface area contributed by atoms with Gasteiger partial charge in [0.1, 0.15) is 33.0 Å². The first kappa shape index (κ1) is 39.2. The molecule has 8 nitrogen and oxygen atoms in total. The van der Waals surface area contributed by atoms with Gasteiger partial charge in [-0.3, -0.25) is 9.59 Å². The minimum atomic E-state index is -1.63. The number of hydrogen-bond donors (Lipinski definition) is 1. The van der Waals surface area contributed by atoms with Crippen molar-refractivity contribution in [2.75, 3.05) is 10.2 Å². The predicted molar refractivity (Wildman–Crippen MR) is 181 cm³/mol. The number of amides is 3. The number of ketones is 1. The van der Waals surface area contributed by atoms with E-state index in [0.29, 0.717) is 11.6 Å². The van der Waals surface area contributed by atoms with Gasteiger partial charge in [-0.25, -0.2) is 27.2 Å². The Morgan fingerprint density at radius 2 is 1.38 bits per heavy atom. The average molecular weight is 780 g/mol. The van der Waals surface area contributed by atoms with Crippen molar-refractivity contribution >= 4 is 81.7 Å². The number of alkyl halides is 2. The summed E-state index contributed by atoms with van der Waals surface area (Å²) in [6.45, 7) is 8.97. The lowest BCUT2D eigenvalue weighted by atomic mass is 10.0. The summed E-state index contributed by atoms with van der Waals surface area (Å²) in [6, 6.07) is 6.65. The molecule has 1 aliphatic rings. The van der Waals surface area contributed by atoms with Gasteiger partial charge in [-0.05, 0) is 83.0 Å². The number of hydrogen-bond acceptors (Lipinski definition) is 6. The first-order chi connectivity index (χ1) is 22.9. The quantitative estimate of drug-likeness (QED) is 0.146. The maximum atomic E-state index is 15.2. The van der Waals surface area contributed by atoms with Crippen LogP contribution in [0, 0.1) is 29.2 Å². The molecule has 0 spiro atoms. The van der Waals surface area contributed by atoms with Gasteiger partial charge in [0.15, 0.2) is 11.6 Å². The number of rotatable bonds is 7. The smallest absolute Gasteiger partial charge is 0.424 e. The molecule has 4 rings (SSSR count). The van der Waals surface area contributed by atoms with Gasteiger partial charge in [-0.1, -0.05) is 29.3 Å². The van der Waals surface area contributed by atoms with E-state index in [1.54, 1.807) is 0 Å². The Balaban J connectivity index is 1.63. The molecule has 0 radical (unpaired) electrons. The molecule has 1 N–H and O–H groups in total. The maximum Gasteiger partial charge on any atom is 0.424 e. The minimum Gasteiger partial charge on any atom is -0.443 e. The van der Waals surface area contributed by atoms with Gasteiger partial charge in [0, 0.05) is 29.7 Å². The Kier molecular flexibility index (Phi) is 11.1. The van der Waals surface area contributed by atoms with Crippen molar-refractivity contribution < 1.29 is 46.2 Å². The van der Waals surface area contributed by atoms with E-state index < -0.39 is 103 Å². The zero-order valence-electron chi connectivity index (χ0n) is 27.3. The first-order valence-corrected chi connectivity index (χ1v) is 16.3. The molecule has 0 bridgehead atoms. The van der Waals surface area contributed by atoms with Crippen LogP contribution >= 0.6 is 46.4 Å². The van der Waals surface area contributed by atoms with Crippen LogP contribution in [0.4, 0.5) is 38.5 Å². The topological polar surface area (TPSA) is 102 Å². The van der Waals surface area contributed by atoms with E-state index in [1.807, 2.05) is 0 Å². The van der Waals surface area contributed by atoms with Crippen molar-refractivity contribution in [1.29, 1.82) is 0 Å². The number of nitrogens with one attached hydrogen (secondary N) is 1. The molecule has 268 valence electrons. The second kappa shape index (κ2) is 14.2. The zero-order valence-corrected chi connectivity index (χ0v) is 30.3. The Hall–Kier alpha value is -3.58. The zero-order chi connectivity index (χ0) is 37.7. The third-order valence-electron chi connectivity index (χ3n) is 7.09. The fourth-order valence-electron chi connectivity index (χ4n) is 4.90. The molecular weight excluding hydrogens is 750 g/mol. The molecule has 0 saturated heterocycles. The van der Waals surface area contributed by atoms with E-state index >= 15 is 8.78 Å². The Morgan fingerprint density at radius 1 is 0.800 bits per heavy atom. The largest absolute Gasteiger partial charge is 0.443 e. The summed E-state index contributed by atoms with van der Waals surface area (Å²) in [5.74, 6) is -8.09. The first-order valence-electron chi connectivity index (χ1n) is 14.8. The van der Waals surface area contributed by atoms with E-state index in [2.05, 4.69) is 5.32 Å². The number of benzene rings is 3. The van der Waals surface area contributed by atoms with Crippen LogP contribution in [0.3, 0.4) is 0 Å². The van der Waals surface area contributed by atoms with Crippen LogP contribution in [-0.2, 0) is 20.7 Å². The van der Waals surface area contributed by atoms with Crippen molar-refractivity contribution in [2.24, 2.45) is 5.92 Å². The summed E-state index contributed by atoms with van der Waals surface area (Å²) in [6.07, 6.45) is -3.56. The fraction of sp³-hybridized carbons (Fsp3) is 0.353. The Morgan fingerprint density at radius 3 is 1.92 bits per heavy atom. The number of anilines is 2. The third-order valence-corrected chi connectivity index (χ3v) is 8.71. The SMILES string of the molecule is CC(C)(C)OC(=O)N(C(=O)OC(C)(C)C)c1cc(CC(=O)c2cc(NC(=O)[C@H]3[C@H](c4ccc(F)c(Cl)c4)C3(Cl)Cl)cc(F)c2Cl)c(F)cc1F. The second-order valence-electron chi connectivity index (χ2n) is 13.4. The predicted octanol–water partition coefficient (Wildman–Crippen LogP) is 10.2. The van der Waals surface area contributed by atoms with Gasteiger partial charge in [0.25, 0.3) is 0 Å². The normalized spacial score (nSPS) is 16.8. The highest BCUT2D eigenvalue weighted by atomic mass is 35.5. The number of ether oxygens (including phenoxy) is 2. The van der Waals surface area contributed by atoms with Gasteiger partial charge in [-0.15, -0.1) is 23.2 Å². The summed E-state index contributed by atoms with van der Waals surface area (Å²) >= 11 is 24.6. The van der Waals surface area contributed by atoms with Crippen LogP contribution in [-0.4, -0.2) is 39.4 Å². The highest BCUT2D eigenvalue weighted by Gasteiger charge is 2.67. The van der Waals surface area contributed by atoms with Crippen molar-refractivity contribution in [3.63, 3.8) is 0 Å². The van der Waals surface area contributed by atoms with Crippen LogP contribution < -0.4 is 10.2 Å². The van der Waals surface area contributed by atoms with Crippen molar-refractivity contribution in [2.45, 2.75) is 69.4 Å². The van der Waals surface area contributed by atoms with E-state index in [4.69, 9.17) is 55.9 Å². The lowest BCUT2D eigenvalue weighted by molar-refractivity contribution is -0.117. The lowest BCUT2D eigenvalue weighted by Gasteiger charge is -2.29. The summed E-state index contributed by atoms with van der Waals surface area (Å²) in [5, 5.41) is 1.53. The molecule has 1 saturated carbocycles. The van der Waals surface area contributed by atoms with Crippen LogP contribution in [0.15, 0.2) is 42.5 Å². The van der Waals surface area contributed by atoms with Gasteiger partial charge in [0.05, 0.1) is 21.7 Å².